The summed E-state index contributed by atoms with van der Waals surface area (Å²) in [7, 11) is 0. The van der Waals surface area contributed by atoms with Crippen molar-refractivity contribution in [2.45, 2.75) is 52.4 Å². The standard InChI is InChI=1S/C12H22/c1-4-7-11(3)12(8-5-2)9-6-10-12/h4,11H,1,5-10H2,2-3H3. The van der Waals surface area contributed by atoms with E-state index >= 15 is 0 Å². The molecule has 0 aliphatic heterocycles. The summed E-state index contributed by atoms with van der Waals surface area (Å²) in [6.07, 6.45) is 10.5. The molecule has 70 valence electrons. The topological polar surface area (TPSA) is 0 Å². The molecule has 1 aliphatic rings. The molecule has 0 radical (unpaired) electrons. The van der Waals surface area contributed by atoms with Gasteiger partial charge >= 0.3 is 0 Å². The van der Waals surface area contributed by atoms with E-state index in [1.165, 1.54) is 38.5 Å². The Labute approximate surface area is 77.1 Å². The molecular formula is C12H22. The molecule has 0 heteroatoms. The quantitative estimate of drug-likeness (QED) is 0.538. The van der Waals surface area contributed by atoms with E-state index in [9.17, 15) is 0 Å². The summed E-state index contributed by atoms with van der Waals surface area (Å²) in [5.74, 6) is 0.865. The van der Waals surface area contributed by atoms with Gasteiger partial charge in [0.05, 0.1) is 0 Å². The van der Waals surface area contributed by atoms with Gasteiger partial charge in [-0.25, -0.2) is 0 Å². The Morgan fingerprint density at radius 1 is 1.50 bits per heavy atom. The van der Waals surface area contributed by atoms with Gasteiger partial charge in [0.1, 0.15) is 0 Å². The molecule has 0 aromatic carbocycles. The zero-order valence-corrected chi connectivity index (χ0v) is 8.60. The SMILES string of the molecule is C=CCC(C)C1(CCC)CCC1. The summed E-state index contributed by atoms with van der Waals surface area (Å²) >= 11 is 0. The lowest BCUT2D eigenvalue weighted by atomic mass is 9.59. The molecule has 0 aromatic heterocycles. The largest absolute Gasteiger partial charge is 0.103 e. The van der Waals surface area contributed by atoms with Crippen LogP contribution in [0.25, 0.3) is 0 Å². The van der Waals surface area contributed by atoms with Crippen molar-refractivity contribution >= 4 is 0 Å². The van der Waals surface area contributed by atoms with Crippen LogP contribution in [0.4, 0.5) is 0 Å². The summed E-state index contributed by atoms with van der Waals surface area (Å²) in [4.78, 5) is 0. The number of allylic oxidation sites excluding steroid dienone is 1. The van der Waals surface area contributed by atoms with Crippen LogP contribution in [0.15, 0.2) is 12.7 Å². The number of hydrogen-bond donors (Lipinski definition) is 0. The first kappa shape index (κ1) is 9.83. The van der Waals surface area contributed by atoms with Crippen molar-refractivity contribution in [2.75, 3.05) is 0 Å². The van der Waals surface area contributed by atoms with E-state index in [0.29, 0.717) is 5.41 Å². The molecule has 0 N–H and O–H groups in total. The first-order valence-corrected chi connectivity index (χ1v) is 5.36. The molecule has 12 heavy (non-hydrogen) atoms. The van der Waals surface area contributed by atoms with Gasteiger partial charge in [0.15, 0.2) is 0 Å². The lowest BCUT2D eigenvalue weighted by Gasteiger charge is -2.47. The molecule has 1 rings (SSSR count). The van der Waals surface area contributed by atoms with E-state index in [1.807, 2.05) is 0 Å². The highest BCUT2D eigenvalue weighted by atomic mass is 14.4. The molecular weight excluding hydrogens is 144 g/mol. The van der Waals surface area contributed by atoms with Gasteiger partial charge in [0.25, 0.3) is 0 Å². The van der Waals surface area contributed by atoms with Crippen LogP contribution >= 0.6 is 0 Å². The highest BCUT2D eigenvalue weighted by Crippen LogP contribution is 2.51. The molecule has 0 spiro atoms. The molecule has 0 saturated heterocycles. The fraction of sp³-hybridized carbons (Fsp3) is 0.833. The van der Waals surface area contributed by atoms with E-state index < -0.39 is 0 Å². The summed E-state index contributed by atoms with van der Waals surface area (Å²) in [6, 6.07) is 0. The Kier molecular flexibility index (Phi) is 3.37. The molecule has 1 fully saturated rings. The van der Waals surface area contributed by atoms with Crippen LogP contribution in [0.1, 0.15) is 52.4 Å². The average Bonchev–Trinajstić information content (AvgIpc) is 1.97. The molecule has 0 bridgehead atoms. The minimum atomic E-state index is 0.711. The maximum Gasteiger partial charge on any atom is -0.0269 e. The summed E-state index contributed by atoms with van der Waals surface area (Å²) in [5.41, 5.74) is 0.711. The van der Waals surface area contributed by atoms with Crippen molar-refractivity contribution in [1.82, 2.24) is 0 Å². The third-order valence-corrected chi connectivity index (χ3v) is 3.66. The van der Waals surface area contributed by atoms with Gasteiger partial charge in [-0.3, -0.25) is 0 Å². The third-order valence-electron chi connectivity index (χ3n) is 3.66. The highest BCUT2D eigenvalue weighted by molar-refractivity contribution is 4.93. The Hall–Kier alpha value is -0.260. The van der Waals surface area contributed by atoms with E-state index in [4.69, 9.17) is 0 Å². The first-order chi connectivity index (χ1) is 5.75. The second-order valence-corrected chi connectivity index (χ2v) is 4.39. The Morgan fingerprint density at radius 2 is 2.17 bits per heavy atom. The minimum absolute atomic E-state index is 0.711. The lowest BCUT2D eigenvalue weighted by molar-refractivity contribution is 0.0482. The van der Waals surface area contributed by atoms with E-state index in [1.54, 1.807) is 0 Å². The van der Waals surface area contributed by atoms with E-state index in [-0.39, 0.29) is 0 Å². The Morgan fingerprint density at radius 3 is 2.50 bits per heavy atom. The predicted molar refractivity (Wildman–Crippen MR) is 55.2 cm³/mol. The molecule has 1 saturated carbocycles. The van der Waals surface area contributed by atoms with Gasteiger partial charge in [-0.15, -0.1) is 6.58 Å². The maximum absolute atomic E-state index is 3.83. The van der Waals surface area contributed by atoms with Gasteiger partial charge in [-0.1, -0.05) is 32.8 Å². The zero-order valence-electron chi connectivity index (χ0n) is 8.60. The highest BCUT2D eigenvalue weighted by Gasteiger charge is 2.39. The van der Waals surface area contributed by atoms with Crippen LogP contribution in [0.3, 0.4) is 0 Å². The first-order valence-electron chi connectivity index (χ1n) is 5.36. The second-order valence-electron chi connectivity index (χ2n) is 4.39. The number of hydrogen-bond acceptors (Lipinski definition) is 0. The second kappa shape index (κ2) is 4.11. The third kappa shape index (κ3) is 1.73. The van der Waals surface area contributed by atoms with Crippen LogP contribution in [-0.2, 0) is 0 Å². The zero-order chi connectivity index (χ0) is 9.03. The van der Waals surface area contributed by atoms with Crippen molar-refractivity contribution in [3.8, 4) is 0 Å². The van der Waals surface area contributed by atoms with Crippen LogP contribution in [0, 0.1) is 11.3 Å². The molecule has 0 heterocycles. The fourth-order valence-corrected chi connectivity index (χ4v) is 2.62. The van der Waals surface area contributed by atoms with Gasteiger partial charge in [0, 0.05) is 0 Å². The van der Waals surface area contributed by atoms with Crippen LogP contribution in [0.5, 0.6) is 0 Å². The molecule has 1 aliphatic carbocycles. The monoisotopic (exact) mass is 166 g/mol. The average molecular weight is 166 g/mol. The summed E-state index contributed by atoms with van der Waals surface area (Å²) < 4.78 is 0. The van der Waals surface area contributed by atoms with Gasteiger partial charge < -0.3 is 0 Å². The van der Waals surface area contributed by atoms with Gasteiger partial charge in [-0.05, 0) is 37.0 Å². The molecule has 1 unspecified atom stereocenters. The predicted octanol–water partition coefficient (Wildman–Crippen LogP) is 4.17. The Balaban J connectivity index is 2.46. The van der Waals surface area contributed by atoms with Crippen LogP contribution < -0.4 is 0 Å². The van der Waals surface area contributed by atoms with Crippen LogP contribution in [-0.4, -0.2) is 0 Å². The van der Waals surface area contributed by atoms with Crippen molar-refractivity contribution in [3.05, 3.63) is 12.7 Å². The molecule has 0 amide bonds. The summed E-state index contributed by atoms with van der Waals surface area (Å²) in [5, 5.41) is 0. The molecule has 1 atom stereocenters. The smallest absolute Gasteiger partial charge is 0.0269 e. The molecule has 0 aromatic rings. The minimum Gasteiger partial charge on any atom is -0.103 e. The van der Waals surface area contributed by atoms with Crippen molar-refractivity contribution in [2.24, 2.45) is 11.3 Å². The fourth-order valence-electron chi connectivity index (χ4n) is 2.62. The van der Waals surface area contributed by atoms with Crippen molar-refractivity contribution < 1.29 is 0 Å². The maximum atomic E-state index is 3.83. The van der Waals surface area contributed by atoms with E-state index in [2.05, 4.69) is 26.5 Å². The number of rotatable bonds is 5. The van der Waals surface area contributed by atoms with Crippen LogP contribution in [0.2, 0.25) is 0 Å². The summed E-state index contributed by atoms with van der Waals surface area (Å²) in [6.45, 7) is 8.54. The Bertz CT molecular complexity index is 142. The molecule has 0 nitrogen and oxygen atoms in total. The van der Waals surface area contributed by atoms with Crippen molar-refractivity contribution in [1.29, 1.82) is 0 Å². The lowest BCUT2D eigenvalue weighted by Crippen LogP contribution is -2.35. The van der Waals surface area contributed by atoms with Gasteiger partial charge in [0.2, 0.25) is 0 Å². The van der Waals surface area contributed by atoms with Gasteiger partial charge in [-0.2, -0.15) is 0 Å². The normalized spacial score (nSPS) is 22.8. The van der Waals surface area contributed by atoms with E-state index in [0.717, 1.165) is 5.92 Å². The van der Waals surface area contributed by atoms with Crippen molar-refractivity contribution in [3.63, 3.8) is 0 Å².